The van der Waals surface area contributed by atoms with Crippen LogP contribution in [-0.2, 0) is 26.2 Å². The minimum absolute atomic E-state index is 0.0951. The van der Waals surface area contributed by atoms with Crippen molar-refractivity contribution in [1.82, 2.24) is 5.32 Å². The first kappa shape index (κ1) is 25.8. The maximum absolute atomic E-state index is 12.4. The van der Waals surface area contributed by atoms with Crippen molar-refractivity contribution in [2.24, 2.45) is 0 Å². The molecular weight excluding hydrogens is 456 g/mol. The molecule has 0 saturated carbocycles. The molecule has 0 aliphatic heterocycles. The summed E-state index contributed by atoms with van der Waals surface area (Å²) in [6, 6.07) is 12.8. The highest BCUT2D eigenvalue weighted by Gasteiger charge is 2.23. The Balaban J connectivity index is 1.86. The number of nitrogens with one attached hydrogen (secondary N) is 1. The van der Waals surface area contributed by atoms with Crippen LogP contribution in [0.3, 0.4) is 0 Å². The van der Waals surface area contributed by atoms with Crippen molar-refractivity contribution >= 4 is 33.2 Å². The van der Waals surface area contributed by atoms with Gasteiger partial charge >= 0.3 is 0 Å². The molecule has 0 aromatic heterocycles. The molecule has 0 saturated heterocycles. The molecule has 1 N–H and O–H groups in total. The predicted molar refractivity (Wildman–Crippen MR) is 125 cm³/mol. The van der Waals surface area contributed by atoms with Gasteiger partial charge in [-0.3, -0.25) is 9.10 Å². The summed E-state index contributed by atoms with van der Waals surface area (Å²) >= 11 is 6.11. The van der Waals surface area contributed by atoms with Gasteiger partial charge < -0.3 is 19.5 Å². The molecule has 1 amide bonds. The number of hydrogen-bond acceptors (Lipinski definition) is 6. The normalized spacial score (nSPS) is 11.1. The van der Waals surface area contributed by atoms with Gasteiger partial charge in [0, 0.05) is 31.6 Å². The average Bonchev–Trinajstić information content (AvgIpc) is 2.76. The lowest BCUT2D eigenvalue weighted by molar-refractivity contribution is -0.121. The molecule has 0 atom stereocenters. The maximum atomic E-state index is 12.4. The lowest BCUT2D eigenvalue weighted by Crippen LogP contribution is -2.33. The summed E-state index contributed by atoms with van der Waals surface area (Å²) in [4.78, 5) is 12.1. The molecule has 0 radical (unpaired) electrons. The summed E-state index contributed by atoms with van der Waals surface area (Å²) in [6.07, 6.45) is 1.58. The Morgan fingerprint density at radius 3 is 2.41 bits per heavy atom. The summed E-state index contributed by atoms with van der Waals surface area (Å²) in [5.41, 5.74) is 1.36. The molecule has 2 rings (SSSR count). The Morgan fingerprint density at radius 2 is 1.78 bits per heavy atom. The minimum Gasteiger partial charge on any atom is -0.495 e. The van der Waals surface area contributed by atoms with Crippen molar-refractivity contribution < 1.29 is 27.4 Å². The maximum Gasteiger partial charge on any atom is 0.232 e. The first-order chi connectivity index (χ1) is 15.3. The van der Waals surface area contributed by atoms with Crippen LogP contribution >= 0.6 is 11.6 Å². The highest BCUT2D eigenvalue weighted by Crippen LogP contribution is 2.39. The molecule has 0 fully saturated rings. The van der Waals surface area contributed by atoms with E-state index in [0.29, 0.717) is 48.4 Å². The molecular formula is C22H29ClN2O6S. The Labute approximate surface area is 194 Å². The quantitative estimate of drug-likeness (QED) is 0.439. The van der Waals surface area contributed by atoms with Gasteiger partial charge in [0.1, 0.15) is 11.5 Å². The van der Waals surface area contributed by atoms with Crippen LogP contribution in [0.25, 0.3) is 0 Å². The van der Waals surface area contributed by atoms with Crippen LogP contribution in [0, 0.1) is 0 Å². The molecule has 0 bridgehead atoms. The zero-order valence-corrected chi connectivity index (χ0v) is 20.0. The van der Waals surface area contributed by atoms with Crippen LogP contribution in [0.15, 0.2) is 42.5 Å². The van der Waals surface area contributed by atoms with Crippen molar-refractivity contribution in [3.63, 3.8) is 0 Å². The van der Waals surface area contributed by atoms with E-state index in [1.54, 1.807) is 0 Å². The van der Waals surface area contributed by atoms with E-state index in [0.717, 1.165) is 11.8 Å². The SMILES string of the molecule is COc1cc(N(CCCC(=O)NCCOCc2ccccc2)S(C)(=O)=O)c(OC)cc1Cl. The van der Waals surface area contributed by atoms with Crippen LogP contribution in [0.5, 0.6) is 11.5 Å². The summed E-state index contributed by atoms with van der Waals surface area (Å²) in [7, 11) is -0.767. The number of ether oxygens (including phenoxy) is 3. The van der Waals surface area contributed by atoms with Crippen molar-refractivity contribution in [3.8, 4) is 11.5 Å². The molecule has 10 heteroatoms. The number of sulfonamides is 1. The fourth-order valence-electron chi connectivity index (χ4n) is 3.00. The number of methoxy groups -OCH3 is 2. The largest absolute Gasteiger partial charge is 0.495 e. The number of carbonyl (C=O) groups is 1. The van der Waals surface area contributed by atoms with E-state index in [-0.39, 0.29) is 18.9 Å². The lowest BCUT2D eigenvalue weighted by atomic mass is 10.2. The van der Waals surface area contributed by atoms with Crippen LogP contribution < -0.4 is 19.1 Å². The van der Waals surface area contributed by atoms with Gasteiger partial charge in [-0.2, -0.15) is 0 Å². The number of halogens is 1. The number of anilines is 1. The highest BCUT2D eigenvalue weighted by atomic mass is 35.5. The van der Waals surface area contributed by atoms with E-state index in [1.807, 2.05) is 30.3 Å². The Bertz CT molecular complexity index is 985. The smallest absolute Gasteiger partial charge is 0.232 e. The van der Waals surface area contributed by atoms with Crippen LogP contribution in [0.4, 0.5) is 5.69 Å². The first-order valence-electron chi connectivity index (χ1n) is 10.0. The summed E-state index contributed by atoms with van der Waals surface area (Å²) in [5, 5.41) is 3.08. The van der Waals surface area contributed by atoms with E-state index in [2.05, 4.69) is 5.32 Å². The van der Waals surface area contributed by atoms with Crippen molar-refractivity contribution in [2.45, 2.75) is 19.4 Å². The van der Waals surface area contributed by atoms with Gasteiger partial charge in [0.05, 0.1) is 44.4 Å². The van der Waals surface area contributed by atoms with Gasteiger partial charge in [-0.05, 0) is 12.0 Å². The second kappa shape index (κ2) is 12.5. The van der Waals surface area contributed by atoms with Gasteiger partial charge in [-0.15, -0.1) is 0 Å². The van der Waals surface area contributed by atoms with Gasteiger partial charge in [-0.25, -0.2) is 8.42 Å². The molecule has 0 heterocycles. The number of nitrogens with zero attached hydrogens (tertiary/aromatic N) is 1. The Hall–Kier alpha value is -2.49. The zero-order valence-electron chi connectivity index (χ0n) is 18.5. The topological polar surface area (TPSA) is 94.2 Å². The van der Waals surface area contributed by atoms with E-state index in [4.69, 9.17) is 25.8 Å². The minimum atomic E-state index is -3.63. The molecule has 2 aromatic carbocycles. The van der Waals surface area contributed by atoms with E-state index >= 15 is 0 Å². The number of amides is 1. The van der Waals surface area contributed by atoms with E-state index in [1.165, 1.54) is 30.7 Å². The fourth-order valence-corrected chi connectivity index (χ4v) is 4.19. The summed E-state index contributed by atoms with van der Waals surface area (Å²) in [6.45, 7) is 1.34. The van der Waals surface area contributed by atoms with Crippen LogP contribution in [0.2, 0.25) is 5.02 Å². The fraction of sp³-hybridized carbons (Fsp3) is 0.409. The Morgan fingerprint density at radius 1 is 1.09 bits per heavy atom. The summed E-state index contributed by atoms with van der Waals surface area (Å²) in [5.74, 6) is 0.438. The molecule has 0 aliphatic rings. The van der Waals surface area contributed by atoms with Gasteiger partial charge in [0.2, 0.25) is 15.9 Å². The van der Waals surface area contributed by atoms with Crippen molar-refractivity contribution in [1.29, 1.82) is 0 Å². The summed E-state index contributed by atoms with van der Waals surface area (Å²) < 4.78 is 42.0. The van der Waals surface area contributed by atoms with Crippen molar-refractivity contribution in [2.75, 3.05) is 44.5 Å². The molecule has 0 aliphatic carbocycles. The molecule has 32 heavy (non-hydrogen) atoms. The standard InChI is InChI=1S/C22H29ClN2O6S/c1-29-20-15-19(21(30-2)14-18(20)23)25(32(3,27)28)12-7-10-22(26)24-11-13-31-16-17-8-5-4-6-9-17/h4-6,8-9,14-15H,7,10-13,16H2,1-3H3,(H,24,26). The van der Waals surface area contributed by atoms with Crippen LogP contribution in [-0.4, -0.2) is 54.5 Å². The van der Waals surface area contributed by atoms with Crippen LogP contribution in [0.1, 0.15) is 18.4 Å². The number of hydrogen-bond donors (Lipinski definition) is 1. The van der Waals surface area contributed by atoms with Crippen molar-refractivity contribution in [3.05, 3.63) is 53.1 Å². The molecule has 8 nitrogen and oxygen atoms in total. The first-order valence-corrected chi connectivity index (χ1v) is 12.3. The average molecular weight is 485 g/mol. The molecule has 176 valence electrons. The molecule has 2 aromatic rings. The highest BCUT2D eigenvalue weighted by molar-refractivity contribution is 7.92. The van der Waals surface area contributed by atoms with Gasteiger partial charge in [-0.1, -0.05) is 41.9 Å². The van der Waals surface area contributed by atoms with E-state index in [9.17, 15) is 13.2 Å². The third-order valence-corrected chi connectivity index (χ3v) is 6.04. The third kappa shape index (κ3) is 7.89. The molecule has 0 spiro atoms. The second-order valence-electron chi connectivity index (χ2n) is 6.99. The second-order valence-corrected chi connectivity index (χ2v) is 9.30. The lowest BCUT2D eigenvalue weighted by Gasteiger charge is -2.25. The Kier molecular flexibility index (Phi) is 10.1. The number of carbonyl (C=O) groups excluding carboxylic acids is 1. The van der Waals surface area contributed by atoms with E-state index < -0.39 is 10.0 Å². The monoisotopic (exact) mass is 484 g/mol. The number of rotatable bonds is 13. The zero-order chi connectivity index (χ0) is 23.6. The van der Waals surface area contributed by atoms with Gasteiger partial charge in [0.15, 0.2) is 0 Å². The molecule has 0 unspecified atom stereocenters. The number of benzene rings is 2. The predicted octanol–water partition coefficient (Wildman–Crippen LogP) is 3.24. The van der Waals surface area contributed by atoms with Gasteiger partial charge in [0.25, 0.3) is 0 Å². The third-order valence-electron chi connectivity index (χ3n) is 4.57.